The minimum atomic E-state index is 0.0231. The zero-order chi connectivity index (χ0) is 18.8. The van der Waals surface area contributed by atoms with Gasteiger partial charge in [0.25, 0.3) is 0 Å². The third kappa shape index (κ3) is 12.6. The summed E-state index contributed by atoms with van der Waals surface area (Å²) in [6, 6.07) is 7.66. The molecule has 7 nitrogen and oxygen atoms in total. The van der Waals surface area contributed by atoms with E-state index < -0.39 is 0 Å². The lowest BCUT2D eigenvalue weighted by Crippen LogP contribution is -2.31. The van der Waals surface area contributed by atoms with E-state index in [1.54, 1.807) is 0 Å². The molecule has 0 heterocycles. The maximum atomic E-state index is 8.74. The van der Waals surface area contributed by atoms with Gasteiger partial charge in [0.15, 0.2) is 0 Å². The first-order valence-corrected chi connectivity index (χ1v) is 8.83. The average Bonchev–Trinajstić information content (AvgIpc) is 2.64. The van der Waals surface area contributed by atoms with Gasteiger partial charge in [-0.15, -0.1) is 0 Å². The number of hydrogen-bond acceptors (Lipinski definition) is 7. The van der Waals surface area contributed by atoms with Gasteiger partial charge in [-0.3, -0.25) is 0 Å². The number of nitrogens with two attached hydrogens (primary N) is 1. The van der Waals surface area contributed by atoms with E-state index in [1.165, 1.54) is 0 Å². The summed E-state index contributed by atoms with van der Waals surface area (Å²) in [4.78, 5) is 2.13. The summed E-state index contributed by atoms with van der Waals surface area (Å²) < 4.78 is 16.0. The first-order chi connectivity index (χ1) is 12.3. The molecule has 0 aliphatic heterocycles. The van der Waals surface area contributed by atoms with Gasteiger partial charge in [0.05, 0.1) is 52.9 Å². The number of ether oxygens (including phenoxy) is 3. The molecule has 0 bridgehead atoms. The van der Waals surface area contributed by atoms with Gasteiger partial charge in [0.1, 0.15) is 0 Å². The fourth-order valence-electron chi connectivity index (χ4n) is 1.99. The van der Waals surface area contributed by atoms with Crippen molar-refractivity contribution >= 4 is 11.4 Å². The van der Waals surface area contributed by atoms with E-state index in [-0.39, 0.29) is 13.2 Å². The molecule has 0 aliphatic carbocycles. The number of anilines is 2. The smallest absolute Gasteiger partial charge is 0.0701 e. The van der Waals surface area contributed by atoms with E-state index in [9.17, 15) is 0 Å². The molecule has 4 N–H and O–H groups in total. The largest absolute Gasteiger partial charge is 0.399 e. The molecule has 0 radical (unpaired) electrons. The molecule has 146 valence electrons. The summed E-state index contributed by atoms with van der Waals surface area (Å²) in [5.74, 6) is 0. The second kappa shape index (κ2) is 17.4. The molecular formula is C18H34N2O5. The minimum Gasteiger partial charge on any atom is -0.399 e. The molecule has 1 rings (SSSR count). The van der Waals surface area contributed by atoms with Crippen molar-refractivity contribution in [3.8, 4) is 0 Å². The molecule has 0 aliphatic rings. The Labute approximate surface area is 151 Å². The zero-order valence-electron chi connectivity index (χ0n) is 15.5. The fraction of sp³-hybridized carbons (Fsp3) is 0.667. The van der Waals surface area contributed by atoms with Crippen LogP contribution >= 0.6 is 0 Å². The molecule has 0 aromatic heterocycles. The standard InChI is InChI=1S/C16H28N2O5.C2H6/c17-15-2-1-3-16(14-15)18(4-8-21-10-6-19)5-9-22-12-13-23-11-7-20;1-2/h1-3,14,19-20H,4-13,17H2;1-2H3. The van der Waals surface area contributed by atoms with Gasteiger partial charge in [-0.1, -0.05) is 19.9 Å². The Kier molecular flexibility index (Phi) is 16.5. The first kappa shape index (κ1) is 23.6. The number of hydrogen-bond donors (Lipinski definition) is 3. The Hall–Kier alpha value is -1.38. The summed E-state index contributed by atoms with van der Waals surface area (Å²) in [7, 11) is 0. The van der Waals surface area contributed by atoms with Crippen molar-refractivity contribution in [3.05, 3.63) is 24.3 Å². The predicted molar refractivity (Wildman–Crippen MR) is 101 cm³/mol. The van der Waals surface area contributed by atoms with Gasteiger partial charge in [-0.2, -0.15) is 0 Å². The van der Waals surface area contributed by atoms with Crippen molar-refractivity contribution in [3.63, 3.8) is 0 Å². The lowest BCUT2D eigenvalue weighted by atomic mass is 10.2. The SMILES string of the molecule is CC.Nc1cccc(N(CCOCCO)CCOCCOCCO)c1. The average molecular weight is 358 g/mol. The third-order valence-corrected chi connectivity index (χ3v) is 3.09. The van der Waals surface area contributed by atoms with E-state index in [1.807, 2.05) is 38.1 Å². The maximum absolute atomic E-state index is 8.74. The molecule has 1 aromatic carbocycles. The van der Waals surface area contributed by atoms with Crippen molar-refractivity contribution in [2.45, 2.75) is 13.8 Å². The Morgan fingerprint density at radius 1 is 0.840 bits per heavy atom. The highest BCUT2D eigenvalue weighted by Crippen LogP contribution is 2.17. The van der Waals surface area contributed by atoms with Crippen LogP contribution in [-0.2, 0) is 14.2 Å². The number of nitrogens with zero attached hydrogens (tertiary/aromatic N) is 1. The zero-order valence-corrected chi connectivity index (χ0v) is 15.5. The topological polar surface area (TPSA) is 97.4 Å². The van der Waals surface area contributed by atoms with Crippen LogP contribution in [0.15, 0.2) is 24.3 Å². The maximum Gasteiger partial charge on any atom is 0.0701 e. The predicted octanol–water partition coefficient (Wildman–Crippen LogP) is 1.14. The van der Waals surface area contributed by atoms with E-state index >= 15 is 0 Å². The van der Waals surface area contributed by atoms with E-state index in [2.05, 4.69) is 4.90 Å². The van der Waals surface area contributed by atoms with Crippen LogP contribution in [0.25, 0.3) is 0 Å². The molecule has 7 heteroatoms. The quantitative estimate of drug-likeness (QED) is 0.339. The summed E-state index contributed by atoms with van der Waals surface area (Å²) in [6.07, 6.45) is 0. The van der Waals surface area contributed by atoms with Crippen LogP contribution in [-0.4, -0.2) is 76.2 Å². The van der Waals surface area contributed by atoms with Crippen LogP contribution in [0, 0.1) is 0 Å². The first-order valence-electron chi connectivity index (χ1n) is 8.83. The van der Waals surface area contributed by atoms with Crippen LogP contribution < -0.4 is 10.6 Å². The number of rotatable bonds is 14. The lowest BCUT2D eigenvalue weighted by Gasteiger charge is -2.25. The van der Waals surface area contributed by atoms with Crippen LogP contribution in [0.1, 0.15) is 13.8 Å². The molecule has 1 aromatic rings. The highest BCUT2D eigenvalue weighted by molar-refractivity contribution is 5.55. The molecule has 0 unspecified atom stereocenters. The summed E-state index contributed by atoms with van der Waals surface area (Å²) in [5, 5.41) is 17.3. The van der Waals surface area contributed by atoms with Crippen molar-refractivity contribution in [2.24, 2.45) is 0 Å². The molecule has 0 fully saturated rings. The molecule has 0 saturated heterocycles. The van der Waals surface area contributed by atoms with Gasteiger partial charge in [-0.25, -0.2) is 0 Å². The van der Waals surface area contributed by atoms with E-state index in [0.29, 0.717) is 58.4 Å². The minimum absolute atomic E-state index is 0.0231. The third-order valence-electron chi connectivity index (χ3n) is 3.09. The number of aliphatic hydroxyl groups is 2. The van der Waals surface area contributed by atoms with Gasteiger partial charge in [-0.05, 0) is 18.2 Å². The van der Waals surface area contributed by atoms with Gasteiger partial charge in [0.2, 0.25) is 0 Å². The number of aliphatic hydroxyl groups excluding tert-OH is 2. The highest BCUT2D eigenvalue weighted by atomic mass is 16.5. The second-order valence-electron chi connectivity index (χ2n) is 4.87. The van der Waals surface area contributed by atoms with Gasteiger partial charge < -0.3 is 35.1 Å². The molecule has 0 saturated carbocycles. The second-order valence-corrected chi connectivity index (χ2v) is 4.87. The van der Waals surface area contributed by atoms with E-state index in [0.717, 1.165) is 5.69 Å². The Morgan fingerprint density at radius 3 is 1.88 bits per heavy atom. The Bertz CT molecular complexity index is 407. The molecule has 0 spiro atoms. The van der Waals surface area contributed by atoms with Gasteiger partial charge in [0, 0.05) is 24.5 Å². The van der Waals surface area contributed by atoms with Gasteiger partial charge >= 0.3 is 0 Å². The summed E-state index contributed by atoms with van der Waals surface area (Å²) in [6.45, 7) is 8.15. The highest BCUT2D eigenvalue weighted by Gasteiger charge is 2.07. The van der Waals surface area contributed by atoms with Crippen LogP contribution in [0.5, 0.6) is 0 Å². The van der Waals surface area contributed by atoms with Crippen molar-refractivity contribution < 1.29 is 24.4 Å². The van der Waals surface area contributed by atoms with Crippen molar-refractivity contribution in [1.29, 1.82) is 0 Å². The van der Waals surface area contributed by atoms with Crippen LogP contribution in [0.2, 0.25) is 0 Å². The Balaban J connectivity index is 0.00000277. The van der Waals surface area contributed by atoms with Crippen molar-refractivity contribution in [1.82, 2.24) is 0 Å². The molecule has 25 heavy (non-hydrogen) atoms. The molecule has 0 atom stereocenters. The lowest BCUT2D eigenvalue weighted by molar-refractivity contribution is 0.0347. The summed E-state index contributed by atoms with van der Waals surface area (Å²) >= 11 is 0. The normalized spacial score (nSPS) is 10.2. The fourth-order valence-corrected chi connectivity index (χ4v) is 1.99. The molecular weight excluding hydrogens is 324 g/mol. The molecule has 0 amide bonds. The van der Waals surface area contributed by atoms with E-state index in [4.69, 9.17) is 30.2 Å². The van der Waals surface area contributed by atoms with Crippen LogP contribution in [0.3, 0.4) is 0 Å². The Morgan fingerprint density at radius 2 is 1.36 bits per heavy atom. The number of nitrogen functional groups attached to an aromatic ring is 1. The van der Waals surface area contributed by atoms with Crippen molar-refractivity contribution in [2.75, 3.05) is 76.6 Å². The number of benzene rings is 1. The van der Waals surface area contributed by atoms with Crippen LogP contribution in [0.4, 0.5) is 11.4 Å². The summed E-state index contributed by atoms with van der Waals surface area (Å²) in [5.41, 5.74) is 7.56. The monoisotopic (exact) mass is 358 g/mol.